The maximum Gasteiger partial charge on any atom is 0.331 e. The maximum atomic E-state index is 12.1. The van der Waals surface area contributed by atoms with Crippen LogP contribution in [0.2, 0.25) is 0 Å². The van der Waals surface area contributed by atoms with Gasteiger partial charge >= 0.3 is 5.97 Å². The van der Waals surface area contributed by atoms with Gasteiger partial charge in [-0.2, -0.15) is 0 Å². The summed E-state index contributed by atoms with van der Waals surface area (Å²) < 4.78 is 5.10. The van der Waals surface area contributed by atoms with Crippen molar-refractivity contribution in [1.29, 1.82) is 0 Å². The second-order valence-corrected chi connectivity index (χ2v) is 5.95. The minimum Gasteiger partial charge on any atom is -0.449 e. The molecule has 0 fully saturated rings. The number of Topliss-reactive ketones (excluding diaryl/α,β-unsaturated/α-hetero) is 1. The van der Waals surface area contributed by atoms with Gasteiger partial charge < -0.3 is 10.1 Å². The van der Waals surface area contributed by atoms with Crippen molar-refractivity contribution in [2.75, 3.05) is 5.32 Å². The molecule has 26 heavy (non-hydrogen) atoms. The average Bonchev–Trinajstić information content (AvgIpc) is 2.61. The van der Waals surface area contributed by atoms with E-state index in [1.807, 2.05) is 31.2 Å². The SMILES string of the molecule is CC(=O)c1ccc(NC(=O)[C@@H](C)OC(=O)/C=C/c2ccc(C)cc2)cc1. The molecule has 2 aromatic carbocycles. The lowest BCUT2D eigenvalue weighted by Crippen LogP contribution is -2.29. The number of hydrogen-bond donors (Lipinski definition) is 1. The first-order chi connectivity index (χ1) is 12.3. The van der Waals surface area contributed by atoms with E-state index in [0.717, 1.165) is 11.1 Å². The molecule has 0 bridgehead atoms. The van der Waals surface area contributed by atoms with E-state index < -0.39 is 18.0 Å². The Morgan fingerprint density at radius 1 is 1.00 bits per heavy atom. The highest BCUT2D eigenvalue weighted by Gasteiger charge is 2.16. The summed E-state index contributed by atoms with van der Waals surface area (Å²) in [6.07, 6.45) is 1.97. The van der Waals surface area contributed by atoms with Gasteiger partial charge in [0.05, 0.1) is 0 Å². The number of carbonyl (C=O) groups is 3. The second-order valence-electron chi connectivity index (χ2n) is 5.95. The van der Waals surface area contributed by atoms with Gasteiger partial charge in [-0.15, -0.1) is 0 Å². The molecule has 2 rings (SSSR count). The van der Waals surface area contributed by atoms with Crippen LogP contribution in [-0.2, 0) is 14.3 Å². The van der Waals surface area contributed by atoms with E-state index in [1.54, 1.807) is 30.3 Å². The number of nitrogens with one attached hydrogen (secondary N) is 1. The quantitative estimate of drug-likeness (QED) is 0.488. The summed E-state index contributed by atoms with van der Waals surface area (Å²) >= 11 is 0. The van der Waals surface area contributed by atoms with E-state index in [4.69, 9.17) is 4.74 Å². The van der Waals surface area contributed by atoms with Crippen LogP contribution in [0.25, 0.3) is 6.08 Å². The number of amides is 1. The Kier molecular flexibility index (Phi) is 6.44. The van der Waals surface area contributed by atoms with Gasteiger partial charge in [0.25, 0.3) is 5.91 Å². The largest absolute Gasteiger partial charge is 0.449 e. The summed E-state index contributed by atoms with van der Waals surface area (Å²) in [6.45, 7) is 4.95. The zero-order valence-electron chi connectivity index (χ0n) is 15.0. The zero-order chi connectivity index (χ0) is 19.1. The van der Waals surface area contributed by atoms with Crippen LogP contribution in [0.3, 0.4) is 0 Å². The van der Waals surface area contributed by atoms with Crippen molar-refractivity contribution in [2.45, 2.75) is 26.9 Å². The standard InChI is InChI=1S/C21H21NO4/c1-14-4-6-17(7-5-14)8-13-20(24)26-16(3)21(25)22-19-11-9-18(10-12-19)15(2)23/h4-13,16H,1-3H3,(H,22,25)/b13-8+/t16-/m1/s1. The number of ether oxygens (including phenoxy) is 1. The Bertz CT molecular complexity index is 820. The van der Waals surface area contributed by atoms with Crippen LogP contribution in [0.5, 0.6) is 0 Å². The highest BCUT2D eigenvalue weighted by Crippen LogP contribution is 2.11. The lowest BCUT2D eigenvalue weighted by molar-refractivity contribution is -0.148. The van der Waals surface area contributed by atoms with Gasteiger partial charge in [0.15, 0.2) is 11.9 Å². The van der Waals surface area contributed by atoms with Gasteiger partial charge in [0, 0.05) is 17.3 Å². The van der Waals surface area contributed by atoms with Crippen LogP contribution in [0.1, 0.15) is 35.3 Å². The molecule has 0 aromatic heterocycles. The third-order valence-corrected chi connectivity index (χ3v) is 3.71. The van der Waals surface area contributed by atoms with E-state index in [-0.39, 0.29) is 5.78 Å². The van der Waals surface area contributed by atoms with E-state index in [1.165, 1.54) is 19.9 Å². The first-order valence-corrected chi connectivity index (χ1v) is 8.22. The summed E-state index contributed by atoms with van der Waals surface area (Å²) in [7, 11) is 0. The molecule has 0 aliphatic carbocycles. The van der Waals surface area contributed by atoms with Gasteiger partial charge in [-0.25, -0.2) is 4.79 Å². The minimum atomic E-state index is -0.947. The molecular weight excluding hydrogens is 330 g/mol. The second kappa shape index (κ2) is 8.76. The van der Waals surface area contributed by atoms with Crippen LogP contribution >= 0.6 is 0 Å². The molecule has 0 unspecified atom stereocenters. The summed E-state index contributed by atoms with van der Waals surface area (Å²) in [5.74, 6) is -1.09. The van der Waals surface area contributed by atoms with Gasteiger partial charge in [0.1, 0.15) is 0 Å². The molecule has 5 heteroatoms. The van der Waals surface area contributed by atoms with Gasteiger partial charge in [-0.3, -0.25) is 9.59 Å². The molecule has 1 amide bonds. The number of esters is 1. The van der Waals surface area contributed by atoms with Crippen molar-refractivity contribution >= 4 is 29.4 Å². The molecule has 0 heterocycles. The number of hydrogen-bond acceptors (Lipinski definition) is 4. The normalized spacial score (nSPS) is 11.8. The molecule has 0 aliphatic rings. The van der Waals surface area contributed by atoms with Gasteiger partial charge in [0.2, 0.25) is 0 Å². The monoisotopic (exact) mass is 351 g/mol. The Hall–Kier alpha value is -3.21. The van der Waals surface area contributed by atoms with Crippen LogP contribution in [0, 0.1) is 6.92 Å². The number of ketones is 1. The predicted molar refractivity (Wildman–Crippen MR) is 101 cm³/mol. The van der Waals surface area contributed by atoms with Gasteiger partial charge in [-0.05, 0) is 56.7 Å². The topological polar surface area (TPSA) is 72.5 Å². The molecule has 0 aliphatic heterocycles. The molecule has 5 nitrogen and oxygen atoms in total. The van der Waals surface area contributed by atoms with E-state index in [0.29, 0.717) is 11.3 Å². The van der Waals surface area contributed by atoms with Crippen LogP contribution in [0.15, 0.2) is 54.6 Å². The lowest BCUT2D eigenvalue weighted by Gasteiger charge is -2.12. The number of carbonyl (C=O) groups excluding carboxylic acids is 3. The molecule has 2 aromatic rings. The number of rotatable bonds is 6. The highest BCUT2D eigenvalue weighted by molar-refractivity contribution is 5.98. The predicted octanol–water partition coefficient (Wildman–Crippen LogP) is 3.78. The molecule has 134 valence electrons. The molecule has 1 atom stereocenters. The number of aryl methyl sites for hydroxylation is 1. The average molecular weight is 351 g/mol. The number of benzene rings is 2. The van der Waals surface area contributed by atoms with Crippen LogP contribution < -0.4 is 5.32 Å². The minimum absolute atomic E-state index is 0.0504. The Labute approximate surface area is 152 Å². The summed E-state index contributed by atoms with van der Waals surface area (Å²) in [5.41, 5.74) is 3.09. The highest BCUT2D eigenvalue weighted by atomic mass is 16.5. The first kappa shape index (κ1) is 19.1. The Balaban J connectivity index is 1.88. The lowest BCUT2D eigenvalue weighted by atomic mass is 10.1. The molecule has 0 saturated heterocycles. The van der Waals surface area contributed by atoms with Crippen molar-refractivity contribution in [2.24, 2.45) is 0 Å². The van der Waals surface area contributed by atoms with Gasteiger partial charge in [-0.1, -0.05) is 29.8 Å². The fourth-order valence-electron chi connectivity index (χ4n) is 2.14. The summed E-state index contributed by atoms with van der Waals surface area (Å²) in [4.78, 5) is 35.2. The third kappa shape index (κ3) is 5.70. The van der Waals surface area contributed by atoms with Crippen molar-refractivity contribution < 1.29 is 19.1 Å². The summed E-state index contributed by atoms with van der Waals surface area (Å²) in [6, 6.07) is 14.2. The van der Waals surface area contributed by atoms with Crippen molar-refractivity contribution in [3.05, 3.63) is 71.3 Å². The van der Waals surface area contributed by atoms with Crippen molar-refractivity contribution in [3.63, 3.8) is 0 Å². The van der Waals surface area contributed by atoms with E-state index >= 15 is 0 Å². The van der Waals surface area contributed by atoms with Crippen molar-refractivity contribution in [1.82, 2.24) is 0 Å². The smallest absolute Gasteiger partial charge is 0.331 e. The number of anilines is 1. The maximum absolute atomic E-state index is 12.1. The van der Waals surface area contributed by atoms with E-state index in [9.17, 15) is 14.4 Å². The van der Waals surface area contributed by atoms with Crippen LogP contribution in [-0.4, -0.2) is 23.8 Å². The molecular formula is C21H21NO4. The fraction of sp³-hybridized carbons (Fsp3) is 0.190. The molecule has 0 radical (unpaired) electrons. The molecule has 1 N–H and O–H groups in total. The molecule has 0 saturated carbocycles. The Morgan fingerprint density at radius 3 is 2.19 bits per heavy atom. The van der Waals surface area contributed by atoms with Crippen LogP contribution in [0.4, 0.5) is 5.69 Å². The zero-order valence-corrected chi connectivity index (χ0v) is 15.0. The van der Waals surface area contributed by atoms with E-state index in [2.05, 4.69) is 5.32 Å². The van der Waals surface area contributed by atoms with Crippen molar-refractivity contribution in [3.8, 4) is 0 Å². The third-order valence-electron chi connectivity index (χ3n) is 3.71. The first-order valence-electron chi connectivity index (χ1n) is 8.22. The fourth-order valence-corrected chi connectivity index (χ4v) is 2.14. The summed E-state index contributed by atoms with van der Waals surface area (Å²) in [5, 5.41) is 2.64. The molecule has 0 spiro atoms. The Morgan fingerprint density at radius 2 is 1.62 bits per heavy atom.